The van der Waals surface area contributed by atoms with Gasteiger partial charge in [-0.3, -0.25) is 14.5 Å². The molecule has 0 spiro atoms. The Hall–Kier alpha value is -4.20. The maximum atomic E-state index is 13.5. The normalized spacial score (nSPS) is 10.7. The summed E-state index contributed by atoms with van der Waals surface area (Å²) in [5, 5.41) is 7.61. The molecular formula is C25H23FN4O3. The number of hydrogen-bond donors (Lipinski definition) is 1. The van der Waals surface area contributed by atoms with Gasteiger partial charge in [0.1, 0.15) is 17.3 Å². The van der Waals surface area contributed by atoms with Gasteiger partial charge in [0.2, 0.25) is 5.91 Å². The number of nitrogens with zero attached hydrogens (tertiary/aromatic N) is 3. The fourth-order valence-electron chi connectivity index (χ4n) is 3.71. The molecule has 7 nitrogen and oxygen atoms in total. The first-order valence-electron chi connectivity index (χ1n) is 10.2. The summed E-state index contributed by atoms with van der Waals surface area (Å²) in [5.41, 5.74) is 3.59. The van der Waals surface area contributed by atoms with Gasteiger partial charge in [0.25, 0.3) is 0 Å². The number of benzene rings is 2. The van der Waals surface area contributed by atoms with Crippen molar-refractivity contribution in [2.45, 2.75) is 6.42 Å². The van der Waals surface area contributed by atoms with Gasteiger partial charge in [-0.2, -0.15) is 5.10 Å². The van der Waals surface area contributed by atoms with Gasteiger partial charge >= 0.3 is 0 Å². The fourth-order valence-corrected chi connectivity index (χ4v) is 3.71. The number of para-hydroxylation sites is 1. The predicted octanol–water partition coefficient (Wildman–Crippen LogP) is 4.49. The van der Waals surface area contributed by atoms with Gasteiger partial charge in [0, 0.05) is 30.6 Å². The molecule has 2 aromatic carbocycles. The van der Waals surface area contributed by atoms with E-state index in [0.29, 0.717) is 28.6 Å². The number of nitrogens with one attached hydrogen (secondary N) is 1. The summed E-state index contributed by atoms with van der Waals surface area (Å²) < 4.78 is 25.9. The lowest BCUT2D eigenvalue weighted by Crippen LogP contribution is -2.17. The molecule has 8 heteroatoms. The Bertz CT molecular complexity index is 1270. The molecule has 0 fully saturated rings. The van der Waals surface area contributed by atoms with Gasteiger partial charge in [-0.1, -0.05) is 12.1 Å². The van der Waals surface area contributed by atoms with Gasteiger partial charge in [-0.15, -0.1) is 0 Å². The zero-order chi connectivity index (χ0) is 23.4. The van der Waals surface area contributed by atoms with E-state index in [1.54, 1.807) is 49.4 Å². The molecule has 1 amide bonds. The first-order chi connectivity index (χ1) is 16.0. The Labute approximate surface area is 190 Å². The van der Waals surface area contributed by atoms with E-state index in [-0.39, 0.29) is 18.1 Å². The number of anilines is 1. The highest BCUT2D eigenvalue weighted by molar-refractivity contribution is 5.99. The lowest BCUT2D eigenvalue weighted by molar-refractivity contribution is -0.115. The van der Waals surface area contributed by atoms with E-state index in [4.69, 9.17) is 9.47 Å². The van der Waals surface area contributed by atoms with Gasteiger partial charge in [-0.05, 0) is 48.0 Å². The molecule has 4 rings (SSSR count). The number of rotatable bonds is 7. The first-order valence-corrected chi connectivity index (χ1v) is 10.2. The summed E-state index contributed by atoms with van der Waals surface area (Å²) >= 11 is 0. The molecule has 1 N–H and O–H groups in total. The van der Waals surface area contributed by atoms with Crippen molar-refractivity contribution in [2.75, 3.05) is 19.5 Å². The van der Waals surface area contributed by atoms with Crippen LogP contribution in [0.25, 0.3) is 22.4 Å². The molecule has 2 aromatic heterocycles. The first kappa shape index (κ1) is 22.0. The topological polar surface area (TPSA) is 78.3 Å². The van der Waals surface area contributed by atoms with E-state index >= 15 is 0 Å². The molecule has 0 aliphatic carbocycles. The van der Waals surface area contributed by atoms with E-state index in [2.05, 4.69) is 15.4 Å². The SMILES string of the molecule is COc1cccc(CC(=O)Nc2c(-c3ccncc3)c(-c3ccc(F)cc3)nn2C)c1OC. The smallest absolute Gasteiger partial charge is 0.230 e. The summed E-state index contributed by atoms with van der Waals surface area (Å²) in [5.74, 6) is 1.01. The van der Waals surface area contributed by atoms with Crippen molar-refractivity contribution < 1.29 is 18.7 Å². The molecule has 0 saturated carbocycles. The van der Waals surface area contributed by atoms with Gasteiger partial charge < -0.3 is 14.8 Å². The van der Waals surface area contributed by atoms with Crippen LogP contribution in [0.5, 0.6) is 11.5 Å². The average Bonchev–Trinajstić information content (AvgIpc) is 3.15. The standard InChI is InChI=1S/C25H23FN4O3/c1-30-25(28-21(31)15-18-5-4-6-20(32-2)24(18)33-3)22(16-11-13-27-14-12-16)23(29-30)17-7-9-19(26)10-8-17/h4-14H,15H2,1-3H3,(H,28,31). The zero-order valence-electron chi connectivity index (χ0n) is 18.5. The molecule has 0 aliphatic heterocycles. The molecule has 4 aromatic rings. The number of methoxy groups -OCH3 is 2. The van der Waals surface area contributed by atoms with Crippen LogP contribution in [0.15, 0.2) is 67.0 Å². The summed E-state index contributed by atoms with van der Waals surface area (Å²) in [6.45, 7) is 0. The number of amides is 1. The maximum Gasteiger partial charge on any atom is 0.230 e. The average molecular weight is 446 g/mol. The van der Waals surface area contributed by atoms with E-state index in [1.165, 1.54) is 19.2 Å². The maximum absolute atomic E-state index is 13.5. The number of hydrogen-bond acceptors (Lipinski definition) is 5. The van der Waals surface area contributed by atoms with Crippen LogP contribution in [0.3, 0.4) is 0 Å². The largest absolute Gasteiger partial charge is 0.493 e. The van der Waals surface area contributed by atoms with Crippen molar-refractivity contribution in [1.82, 2.24) is 14.8 Å². The molecule has 0 bridgehead atoms. The Morgan fingerprint density at radius 1 is 1.00 bits per heavy atom. The van der Waals surface area contributed by atoms with Crippen molar-refractivity contribution in [1.29, 1.82) is 0 Å². The number of halogens is 1. The highest BCUT2D eigenvalue weighted by Gasteiger charge is 2.22. The summed E-state index contributed by atoms with van der Waals surface area (Å²) in [7, 11) is 4.84. The molecule has 2 heterocycles. The van der Waals surface area contributed by atoms with Crippen LogP contribution in [0.2, 0.25) is 0 Å². The van der Waals surface area contributed by atoms with Crippen molar-refractivity contribution in [2.24, 2.45) is 7.05 Å². The van der Waals surface area contributed by atoms with Crippen molar-refractivity contribution in [3.63, 3.8) is 0 Å². The lowest BCUT2D eigenvalue weighted by Gasteiger charge is -2.13. The van der Waals surface area contributed by atoms with Crippen LogP contribution in [0.4, 0.5) is 10.2 Å². The van der Waals surface area contributed by atoms with Crippen LogP contribution in [0, 0.1) is 5.82 Å². The van der Waals surface area contributed by atoms with E-state index in [1.807, 2.05) is 24.3 Å². The molecule has 0 saturated heterocycles. The highest BCUT2D eigenvalue weighted by atomic mass is 19.1. The van der Waals surface area contributed by atoms with Crippen LogP contribution in [0.1, 0.15) is 5.56 Å². The monoisotopic (exact) mass is 446 g/mol. The Balaban J connectivity index is 1.72. The predicted molar refractivity (Wildman–Crippen MR) is 124 cm³/mol. The Kier molecular flexibility index (Phi) is 6.35. The number of carbonyl (C=O) groups excluding carboxylic acids is 1. The van der Waals surface area contributed by atoms with Gasteiger partial charge in [0.15, 0.2) is 11.5 Å². The molecule has 0 radical (unpaired) electrons. The van der Waals surface area contributed by atoms with E-state index in [0.717, 1.165) is 16.7 Å². The number of aryl methyl sites for hydroxylation is 1. The second-order valence-corrected chi connectivity index (χ2v) is 7.32. The van der Waals surface area contributed by atoms with Crippen LogP contribution >= 0.6 is 0 Å². The minimum Gasteiger partial charge on any atom is -0.493 e. The second kappa shape index (κ2) is 9.52. The fraction of sp³-hybridized carbons (Fsp3) is 0.160. The number of pyridine rings is 1. The van der Waals surface area contributed by atoms with Crippen molar-refractivity contribution >= 4 is 11.7 Å². The second-order valence-electron chi connectivity index (χ2n) is 7.32. The van der Waals surface area contributed by atoms with Crippen molar-refractivity contribution in [3.05, 3.63) is 78.4 Å². The molecule has 0 aliphatic rings. The van der Waals surface area contributed by atoms with E-state index in [9.17, 15) is 9.18 Å². The molecule has 0 atom stereocenters. The summed E-state index contributed by atoms with van der Waals surface area (Å²) in [4.78, 5) is 17.1. The highest BCUT2D eigenvalue weighted by Crippen LogP contribution is 2.37. The Morgan fingerprint density at radius 2 is 1.73 bits per heavy atom. The molecule has 168 valence electrons. The van der Waals surface area contributed by atoms with Crippen molar-refractivity contribution in [3.8, 4) is 33.9 Å². The minimum absolute atomic E-state index is 0.0766. The molecule has 0 unspecified atom stereocenters. The lowest BCUT2D eigenvalue weighted by atomic mass is 10.0. The van der Waals surface area contributed by atoms with Gasteiger partial charge in [0.05, 0.1) is 26.2 Å². The quantitative estimate of drug-likeness (QED) is 0.453. The zero-order valence-corrected chi connectivity index (χ0v) is 18.5. The van der Waals surface area contributed by atoms with Crippen LogP contribution in [-0.2, 0) is 18.3 Å². The van der Waals surface area contributed by atoms with E-state index < -0.39 is 0 Å². The van der Waals surface area contributed by atoms with Gasteiger partial charge in [-0.25, -0.2) is 4.39 Å². The summed E-state index contributed by atoms with van der Waals surface area (Å²) in [6, 6.07) is 15.2. The van der Waals surface area contributed by atoms with Crippen LogP contribution in [-0.4, -0.2) is 34.9 Å². The third-order valence-corrected chi connectivity index (χ3v) is 5.23. The number of ether oxygens (including phenoxy) is 2. The Morgan fingerprint density at radius 3 is 2.39 bits per heavy atom. The molecular weight excluding hydrogens is 423 g/mol. The third kappa shape index (κ3) is 4.55. The minimum atomic E-state index is -0.332. The third-order valence-electron chi connectivity index (χ3n) is 5.23. The number of carbonyl (C=O) groups is 1. The van der Waals surface area contributed by atoms with Crippen LogP contribution < -0.4 is 14.8 Å². The number of aromatic nitrogens is 3. The molecule has 33 heavy (non-hydrogen) atoms. The summed E-state index contributed by atoms with van der Waals surface area (Å²) in [6.07, 6.45) is 3.42.